The third kappa shape index (κ3) is 404. The Labute approximate surface area is 82.4 Å². The molecule has 0 nitrogen and oxygen atoms in total. The van der Waals surface area contributed by atoms with Gasteiger partial charge in [0, 0.05) is 0 Å². The zero-order chi connectivity index (χ0) is 6.28. The minimum absolute atomic E-state index is 0. The number of rotatable bonds is 0. The molecule has 0 aliphatic rings. The molecule has 0 atom stereocenters. The third-order valence-electron chi connectivity index (χ3n) is 0. The standard InChI is InChI=1S/C4H9.C3H7.ClH.Mg/c1-4(2)3;1-3-2;;/h1-3H3;1,3H2,2H3;1H;/q2*-1;;+2. The van der Waals surface area contributed by atoms with Crippen LogP contribution in [0.2, 0.25) is 0 Å². The Bertz CT molecular complexity index is 20.1. The zero-order valence-electron chi connectivity index (χ0n) is 7.03. The molecule has 0 aliphatic heterocycles. The molecule has 0 aromatic rings. The van der Waals surface area contributed by atoms with Gasteiger partial charge in [-0.3, -0.25) is 0 Å². The molecule has 0 saturated heterocycles. The van der Waals surface area contributed by atoms with Crippen LogP contribution in [-0.2, 0) is 0 Å². The third-order valence-corrected chi connectivity index (χ3v) is 0. The summed E-state index contributed by atoms with van der Waals surface area (Å²) in [4.78, 5) is 0. The maximum atomic E-state index is 3.49. The Morgan fingerprint density at radius 3 is 1.22 bits per heavy atom. The van der Waals surface area contributed by atoms with Crippen LogP contribution in [0.15, 0.2) is 0 Å². The Hall–Kier alpha value is 1.06. The Morgan fingerprint density at radius 2 is 1.22 bits per heavy atom. The quantitative estimate of drug-likeness (QED) is 0.378. The molecule has 0 heterocycles. The molecule has 0 unspecified atom stereocenters. The van der Waals surface area contributed by atoms with Crippen molar-refractivity contribution in [3.8, 4) is 0 Å². The van der Waals surface area contributed by atoms with E-state index in [1.54, 1.807) is 0 Å². The van der Waals surface area contributed by atoms with Crippen molar-refractivity contribution in [1.29, 1.82) is 0 Å². The van der Waals surface area contributed by atoms with Crippen LogP contribution in [0.5, 0.6) is 0 Å². The first kappa shape index (κ1) is 22.5. The molecule has 0 fully saturated rings. The summed E-state index contributed by atoms with van der Waals surface area (Å²) in [7, 11) is 0. The van der Waals surface area contributed by atoms with Gasteiger partial charge in [0.05, 0.1) is 0 Å². The molecule has 0 bridgehead atoms. The van der Waals surface area contributed by atoms with E-state index in [0.29, 0.717) is 0 Å². The molecule has 0 aliphatic carbocycles. The van der Waals surface area contributed by atoms with Crippen molar-refractivity contribution >= 4 is 35.5 Å². The van der Waals surface area contributed by atoms with E-state index in [2.05, 4.69) is 27.7 Å². The van der Waals surface area contributed by atoms with Gasteiger partial charge in [-0.15, -0.1) is 12.4 Å². The average molecular weight is 161 g/mol. The van der Waals surface area contributed by atoms with Gasteiger partial charge in [-0.25, -0.2) is 0 Å². The SMILES string of the molecule is C[C-](C)C.Cl.[CH2-]CC.[Mg+2]. The van der Waals surface area contributed by atoms with Crippen molar-refractivity contribution < 1.29 is 0 Å². The molecule has 9 heavy (non-hydrogen) atoms. The van der Waals surface area contributed by atoms with E-state index >= 15 is 0 Å². The van der Waals surface area contributed by atoms with Crippen LogP contribution < -0.4 is 0 Å². The first-order valence-corrected chi connectivity index (χ1v) is 2.71. The Morgan fingerprint density at radius 1 is 1.22 bits per heavy atom. The van der Waals surface area contributed by atoms with Gasteiger partial charge >= 0.3 is 23.1 Å². The summed E-state index contributed by atoms with van der Waals surface area (Å²) < 4.78 is 0. The van der Waals surface area contributed by atoms with Crippen molar-refractivity contribution in [1.82, 2.24) is 0 Å². The number of hydrogen-bond donors (Lipinski definition) is 0. The predicted molar refractivity (Wildman–Crippen MR) is 48.9 cm³/mol. The fourth-order valence-corrected chi connectivity index (χ4v) is 0. The van der Waals surface area contributed by atoms with Gasteiger partial charge in [-0.1, -0.05) is 6.92 Å². The van der Waals surface area contributed by atoms with Gasteiger partial charge < -0.3 is 12.8 Å². The molecule has 0 rings (SSSR count). The topological polar surface area (TPSA) is 0 Å². The maximum Gasteiger partial charge on any atom is 2.00 e. The van der Waals surface area contributed by atoms with Crippen molar-refractivity contribution in [3.05, 3.63) is 12.8 Å². The van der Waals surface area contributed by atoms with Crippen molar-refractivity contribution in [2.24, 2.45) is 0 Å². The minimum Gasteiger partial charge on any atom is -0.344 e. The van der Waals surface area contributed by atoms with E-state index in [4.69, 9.17) is 0 Å². The van der Waals surface area contributed by atoms with E-state index in [-0.39, 0.29) is 35.5 Å². The molecule has 0 aromatic heterocycles. The number of halogens is 1. The van der Waals surface area contributed by atoms with Gasteiger partial charge in [0.15, 0.2) is 0 Å². The Kier molecular flexibility index (Phi) is 57.4. The van der Waals surface area contributed by atoms with Crippen LogP contribution in [-0.4, -0.2) is 23.1 Å². The molecule has 0 amide bonds. The van der Waals surface area contributed by atoms with Crippen LogP contribution in [0, 0.1) is 12.8 Å². The summed E-state index contributed by atoms with van der Waals surface area (Å²) >= 11 is 0. The molecule has 0 saturated carbocycles. The molecule has 0 radical (unpaired) electrons. The van der Waals surface area contributed by atoms with E-state index < -0.39 is 0 Å². The maximum absolute atomic E-state index is 3.49. The summed E-state index contributed by atoms with van der Waals surface area (Å²) in [5, 5.41) is 0. The van der Waals surface area contributed by atoms with Crippen molar-refractivity contribution in [3.63, 3.8) is 0 Å². The summed E-state index contributed by atoms with van der Waals surface area (Å²) in [5.41, 5.74) is 0. The smallest absolute Gasteiger partial charge is 0.344 e. The Balaban J connectivity index is -0.0000000233. The largest absolute Gasteiger partial charge is 2.00 e. The summed E-state index contributed by atoms with van der Waals surface area (Å²) in [6.07, 6.45) is 1.00. The second kappa shape index (κ2) is 23.0. The summed E-state index contributed by atoms with van der Waals surface area (Å²) in [6.45, 7) is 11.8. The minimum atomic E-state index is 0. The van der Waals surface area contributed by atoms with Crippen LogP contribution >= 0.6 is 12.4 Å². The summed E-state index contributed by atoms with van der Waals surface area (Å²) in [5.74, 6) is 1.42. The van der Waals surface area contributed by atoms with Crippen LogP contribution in [0.1, 0.15) is 34.1 Å². The van der Waals surface area contributed by atoms with E-state index in [0.717, 1.165) is 6.42 Å². The average Bonchev–Trinajstić information content (AvgIpc) is 1.33. The fourth-order valence-electron chi connectivity index (χ4n) is 0. The second-order valence-corrected chi connectivity index (χ2v) is 2.00. The molecule has 2 heteroatoms. The van der Waals surface area contributed by atoms with Crippen LogP contribution in [0.3, 0.4) is 0 Å². The first-order valence-electron chi connectivity index (χ1n) is 2.71. The van der Waals surface area contributed by atoms with Gasteiger partial charge in [-0.2, -0.15) is 27.2 Å². The second-order valence-electron chi connectivity index (χ2n) is 2.00. The van der Waals surface area contributed by atoms with Gasteiger partial charge in [0.2, 0.25) is 0 Å². The zero-order valence-corrected chi connectivity index (χ0v) is 9.26. The van der Waals surface area contributed by atoms with Crippen LogP contribution in [0.25, 0.3) is 0 Å². The molecule has 0 spiro atoms. The molecule has 0 aromatic carbocycles. The van der Waals surface area contributed by atoms with E-state index in [9.17, 15) is 0 Å². The molecular formula is C7H17ClMg. The monoisotopic (exact) mass is 160 g/mol. The molecule has 54 valence electrons. The summed E-state index contributed by atoms with van der Waals surface area (Å²) in [6, 6.07) is 0. The van der Waals surface area contributed by atoms with Crippen LogP contribution in [0.4, 0.5) is 0 Å². The normalized spacial score (nSPS) is 6.00. The molecule has 0 N–H and O–H groups in total. The van der Waals surface area contributed by atoms with Crippen molar-refractivity contribution in [2.75, 3.05) is 0 Å². The molecular weight excluding hydrogens is 144 g/mol. The van der Waals surface area contributed by atoms with Gasteiger partial charge in [0.25, 0.3) is 0 Å². The first-order chi connectivity index (χ1) is 3.15. The number of hydrogen-bond acceptors (Lipinski definition) is 0. The van der Waals surface area contributed by atoms with Gasteiger partial charge in [-0.05, 0) is 0 Å². The fraction of sp³-hybridized carbons (Fsp3) is 0.714. The predicted octanol–water partition coefficient (Wildman–Crippen LogP) is 2.89. The van der Waals surface area contributed by atoms with E-state index in [1.165, 1.54) is 5.92 Å². The van der Waals surface area contributed by atoms with Crippen molar-refractivity contribution in [2.45, 2.75) is 34.1 Å². The van der Waals surface area contributed by atoms with Gasteiger partial charge in [0.1, 0.15) is 0 Å². The van der Waals surface area contributed by atoms with E-state index in [1.807, 2.05) is 6.92 Å².